The number of nitrogens with one attached hydrogen (secondary N) is 4. The number of hydrazone groups is 2. The summed E-state index contributed by atoms with van der Waals surface area (Å²) in [5.41, 5.74) is 5.57. The van der Waals surface area contributed by atoms with Gasteiger partial charge < -0.3 is 33.0 Å². The van der Waals surface area contributed by atoms with Crippen LogP contribution < -0.4 is 146 Å². The van der Waals surface area contributed by atoms with Crippen molar-refractivity contribution in [3.63, 3.8) is 0 Å². The maximum Gasteiger partial charge on any atom is 1.00 e. The van der Waals surface area contributed by atoms with Crippen LogP contribution >= 0.6 is 0 Å². The van der Waals surface area contributed by atoms with Gasteiger partial charge >= 0.3 is 94.6 Å². The predicted molar refractivity (Wildman–Crippen MR) is 254 cm³/mol. The molecule has 7 rings (SSSR count). The molecule has 0 aliphatic heterocycles. The number of allylic oxidation sites excluding steroid dienone is 4. The number of methoxy groups -OCH3 is 3. The molecule has 376 valence electrons. The van der Waals surface area contributed by atoms with E-state index in [9.17, 15) is 68.0 Å². The fraction of sp³-hybridized carbons (Fsp3) is 0.0682. The van der Waals surface area contributed by atoms with E-state index in [-0.39, 0.29) is 123 Å². The summed E-state index contributed by atoms with van der Waals surface area (Å²) < 4.78 is 126. The molecule has 2 aliphatic rings. The van der Waals surface area contributed by atoms with Gasteiger partial charge in [0.1, 0.15) is 64.2 Å². The monoisotopic (exact) mass is 1120 g/mol. The minimum Gasteiger partial charge on any atom is -0.744 e. The van der Waals surface area contributed by atoms with Crippen LogP contribution in [0.3, 0.4) is 0 Å². The molecule has 32 heteroatoms. The zero-order valence-electron chi connectivity index (χ0n) is 40.2. The van der Waals surface area contributed by atoms with Gasteiger partial charge in [0.05, 0.1) is 70.1 Å². The first-order valence-electron chi connectivity index (χ1n) is 20.1. The molecule has 0 radical (unpaired) electrons. The average molecular weight is 1120 g/mol. The summed E-state index contributed by atoms with van der Waals surface area (Å²) >= 11 is 0. The minimum absolute atomic E-state index is 0. The van der Waals surface area contributed by atoms with Gasteiger partial charge in [0.15, 0.2) is 11.1 Å². The number of carbonyl (C=O) groups excluding carboxylic acids is 2. The Balaban J connectivity index is 0.00000416. The molecule has 0 saturated heterocycles. The van der Waals surface area contributed by atoms with E-state index in [1.807, 2.05) is 0 Å². The SMILES string of the molecule is COc1cc(-c2ccc(N/N=C3/C(=O)c4c(cc(S(=O)(=O)[O-])cc4N/N=c4\ccc(=O)/c(=N\Nc5cc(S(=O)(=O)[O-])ccc5OC)c4=O)C=C3S(=O)(=O)[O-])c(OC)c2)ccc1N/N=C1/C=CC(=O)C(C(=O)O)=C1.[Na+].[Na+].[Na+]. The zero-order chi connectivity index (χ0) is 53.2. The van der Waals surface area contributed by atoms with Gasteiger partial charge in [-0.15, -0.1) is 0 Å². The molecule has 0 saturated carbocycles. The molecule has 0 heterocycles. The van der Waals surface area contributed by atoms with Crippen molar-refractivity contribution in [3.8, 4) is 28.4 Å². The maximum atomic E-state index is 14.3. The number of carboxylic acid groups (broad SMARTS) is 1. The first-order valence-corrected chi connectivity index (χ1v) is 24.3. The molecule has 26 nitrogen and oxygen atoms in total. The Hall–Kier alpha value is -6.00. The Morgan fingerprint density at radius 1 is 0.566 bits per heavy atom. The Kier molecular flexibility index (Phi) is 20.9. The van der Waals surface area contributed by atoms with E-state index in [2.05, 4.69) is 42.1 Å². The van der Waals surface area contributed by atoms with E-state index in [0.29, 0.717) is 35.0 Å². The minimum atomic E-state index is -5.61. The first-order chi connectivity index (χ1) is 34.4. The van der Waals surface area contributed by atoms with Crippen molar-refractivity contribution in [2.75, 3.05) is 43.0 Å². The van der Waals surface area contributed by atoms with Crippen LogP contribution in [-0.2, 0) is 39.9 Å². The van der Waals surface area contributed by atoms with E-state index in [0.717, 1.165) is 42.5 Å². The number of hydrogen-bond acceptors (Lipinski definition) is 25. The van der Waals surface area contributed by atoms with Gasteiger partial charge in [0.2, 0.25) is 16.6 Å². The fourth-order valence-corrected chi connectivity index (χ4v) is 8.47. The fourth-order valence-electron chi connectivity index (χ4n) is 6.80. The number of anilines is 4. The third kappa shape index (κ3) is 14.1. The quantitative estimate of drug-likeness (QED) is 0.0201. The van der Waals surface area contributed by atoms with Crippen molar-refractivity contribution >= 4 is 88.1 Å². The van der Waals surface area contributed by atoms with Crippen LogP contribution in [0, 0.1) is 0 Å². The first kappa shape index (κ1) is 62.5. The molecule has 0 fully saturated rings. The van der Waals surface area contributed by atoms with Crippen molar-refractivity contribution in [1.29, 1.82) is 0 Å². The van der Waals surface area contributed by atoms with Crippen LogP contribution in [0.15, 0.2) is 147 Å². The van der Waals surface area contributed by atoms with Crippen molar-refractivity contribution in [3.05, 3.63) is 150 Å². The van der Waals surface area contributed by atoms with E-state index in [1.165, 1.54) is 39.5 Å². The van der Waals surface area contributed by atoms with Crippen LogP contribution in [0.1, 0.15) is 15.9 Å². The number of rotatable bonds is 16. The van der Waals surface area contributed by atoms with Crippen molar-refractivity contribution < 1.29 is 161 Å². The van der Waals surface area contributed by atoms with Crippen molar-refractivity contribution in [2.24, 2.45) is 20.4 Å². The van der Waals surface area contributed by atoms with Crippen LogP contribution in [0.4, 0.5) is 22.7 Å². The number of nitrogens with zero attached hydrogens (tertiary/aromatic N) is 4. The molecule has 0 unspecified atom stereocenters. The molecular formula is C44H31N8Na3O18S3. The Labute approximate surface area is 495 Å². The molecule has 2 aliphatic carbocycles. The van der Waals surface area contributed by atoms with Crippen molar-refractivity contribution in [2.45, 2.75) is 9.79 Å². The van der Waals surface area contributed by atoms with Crippen LogP contribution in [0.5, 0.6) is 17.2 Å². The molecule has 0 amide bonds. The largest absolute Gasteiger partial charge is 1.00 e. The summed E-state index contributed by atoms with van der Waals surface area (Å²) in [6.45, 7) is 0. The second-order valence-corrected chi connectivity index (χ2v) is 18.9. The van der Waals surface area contributed by atoms with Crippen LogP contribution in [0.25, 0.3) is 17.2 Å². The number of carbonyl (C=O) groups is 3. The number of benzene rings is 5. The number of fused-ring (bicyclic) bond motifs is 1. The number of Topliss-reactive ketones (excluding diaryl/α,β-unsaturated/α-hetero) is 1. The molecule has 0 spiro atoms. The topological polar surface area (TPSA) is 402 Å². The van der Waals surface area contributed by atoms with Crippen molar-refractivity contribution in [1.82, 2.24) is 0 Å². The van der Waals surface area contributed by atoms with Crippen LogP contribution in [0.2, 0.25) is 0 Å². The molecule has 0 aromatic heterocycles. The summed E-state index contributed by atoms with van der Waals surface area (Å²) in [5.74, 6) is -3.19. The van der Waals surface area contributed by atoms with E-state index >= 15 is 0 Å². The standard InChI is InChI=1S/C44H34N8O18S3.3Na/c1-68-35-13-7-25(71(59,60)61)19-31(35)49-51-40-34(54)12-10-30(42(40)55)48-50-32-20-26(72(62,63)64)14-23-17-38(73(65,66)67)41(43(56)39(23)32)52-47-29-9-5-22(16-37(29)70-3)21-4-8-28(36(15-21)69-2)46-45-24-6-11-33(53)27(18-24)44(57)58;;;/h4-20,46-47,49-50H,1-3H3,(H,57,58)(H,59,60,61)(H,62,63,64)(H,65,66,67);;;/q;3*+1/p-3/b45-24-,48-30+,51-40+,52-41+;;;. The molecule has 0 bridgehead atoms. The number of aliphatic carboxylic acids is 1. The Morgan fingerprint density at radius 2 is 1.12 bits per heavy atom. The normalized spacial score (nSPS) is 14.8. The summed E-state index contributed by atoms with van der Waals surface area (Å²) in [6, 6.07) is 15.1. The van der Waals surface area contributed by atoms with E-state index in [4.69, 9.17) is 14.2 Å². The van der Waals surface area contributed by atoms with Gasteiger partial charge in [-0.3, -0.25) is 40.9 Å². The molecule has 5 N–H and O–H groups in total. The van der Waals surface area contributed by atoms with Gasteiger partial charge in [-0.1, -0.05) is 12.1 Å². The molecule has 5 aromatic carbocycles. The summed E-state index contributed by atoms with van der Waals surface area (Å²) in [4.78, 5) is 60.7. The third-order valence-corrected chi connectivity index (χ3v) is 12.8. The van der Waals surface area contributed by atoms with Crippen LogP contribution in [-0.4, -0.2) is 94.3 Å². The average Bonchev–Trinajstić information content (AvgIpc) is 3.34. The molecule has 0 atom stereocenters. The van der Waals surface area contributed by atoms with Gasteiger partial charge in [-0.05, 0) is 108 Å². The Bertz CT molecular complexity index is 3990. The third-order valence-electron chi connectivity index (χ3n) is 10.3. The zero-order valence-corrected chi connectivity index (χ0v) is 48.7. The number of ketones is 2. The Morgan fingerprint density at radius 3 is 1.67 bits per heavy atom. The maximum absolute atomic E-state index is 14.3. The van der Waals surface area contributed by atoms with E-state index in [1.54, 1.807) is 24.3 Å². The van der Waals surface area contributed by atoms with E-state index < -0.39 is 112 Å². The van der Waals surface area contributed by atoms with Gasteiger partial charge in [-0.2, -0.15) is 20.4 Å². The van der Waals surface area contributed by atoms with Gasteiger partial charge in [0.25, 0.3) is 0 Å². The smallest absolute Gasteiger partial charge is 0.744 e. The molecule has 76 heavy (non-hydrogen) atoms. The predicted octanol–water partition coefficient (Wildman–Crippen LogP) is -7.88. The van der Waals surface area contributed by atoms with Gasteiger partial charge in [-0.25, -0.2) is 30.0 Å². The molecular weight excluding hydrogens is 1090 g/mol. The second kappa shape index (κ2) is 25.4. The second-order valence-electron chi connectivity index (χ2n) is 14.8. The summed E-state index contributed by atoms with van der Waals surface area (Å²) in [6.07, 6.45) is 4.06. The van der Waals surface area contributed by atoms with Gasteiger partial charge in [0, 0.05) is 0 Å². The number of hydrogen-bond donors (Lipinski definition) is 5. The summed E-state index contributed by atoms with van der Waals surface area (Å²) in [5, 5.41) is 23.5. The number of ether oxygens (including phenoxy) is 3. The number of carboxylic acids is 1. The molecule has 5 aromatic rings. The summed E-state index contributed by atoms with van der Waals surface area (Å²) in [7, 11) is -12.1.